The molecule has 1 N–H and O–H groups in total. The molecule has 3 nitrogen and oxygen atoms in total. The van der Waals surface area contributed by atoms with Crippen LogP contribution in [0.25, 0.3) is 0 Å². The molecule has 18 heavy (non-hydrogen) atoms. The molecule has 0 spiro atoms. The Morgan fingerprint density at radius 2 is 2.44 bits per heavy atom. The number of aromatic nitrogens is 1. The Balaban J connectivity index is 2.02. The van der Waals surface area contributed by atoms with Crippen molar-refractivity contribution in [3.8, 4) is 0 Å². The number of hydrogen-bond acceptors (Lipinski definition) is 3. The molecule has 1 atom stereocenters. The van der Waals surface area contributed by atoms with Crippen molar-refractivity contribution in [2.24, 2.45) is 0 Å². The smallest absolute Gasteiger partial charge is 0.0876 e. The summed E-state index contributed by atoms with van der Waals surface area (Å²) >= 11 is 0. The van der Waals surface area contributed by atoms with Crippen molar-refractivity contribution < 1.29 is 4.74 Å². The van der Waals surface area contributed by atoms with E-state index in [9.17, 15) is 0 Å². The van der Waals surface area contributed by atoms with Gasteiger partial charge in [-0.1, -0.05) is 13.0 Å². The topological polar surface area (TPSA) is 34.2 Å². The first-order valence-electron chi connectivity index (χ1n) is 6.83. The van der Waals surface area contributed by atoms with Crippen LogP contribution in [-0.4, -0.2) is 24.2 Å². The molecule has 0 aliphatic carbocycles. The van der Waals surface area contributed by atoms with E-state index in [1.807, 2.05) is 24.7 Å². The van der Waals surface area contributed by atoms with Gasteiger partial charge in [0.2, 0.25) is 0 Å². The lowest BCUT2D eigenvalue weighted by Gasteiger charge is -2.24. The highest BCUT2D eigenvalue weighted by Gasteiger charge is 2.16. The van der Waals surface area contributed by atoms with Gasteiger partial charge in [0, 0.05) is 18.4 Å². The summed E-state index contributed by atoms with van der Waals surface area (Å²) in [7, 11) is 0. The first-order chi connectivity index (χ1) is 8.90. The van der Waals surface area contributed by atoms with Crippen LogP contribution in [0.3, 0.4) is 0 Å². The third kappa shape index (κ3) is 3.84. The summed E-state index contributed by atoms with van der Waals surface area (Å²) in [5.74, 6) is 0. The second kappa shape index (κ2) is 7.17. The molecule has 1 unspecified atom stereocenters. The Morgan fingerprint density at radius 1 is 1.50 bits per heavy atom. The Hall–Kier alpha value is -1.35. The van der Waals surface area contributed by atoms with Gasteiger partial charge in [0.1, 0.15) is 0 Å². The predicted molar refractivity (Wildman–Crippen MR) is 73.3 cm³/mol. The van der Waals surface area contributed by atoms with E-state index in [-0.39, 0.29) is 0 Å². The van der Waals surface area contributed by atoms with E-state index in [0.717, 1.165) is 38.8 Å². The molecule has 0 radical (unpaired) electrons. The lowest BCUT2D eigenvalue weighted by atomic mass is 9.96. The third-order valence-corrected chi connectivity index (χ3v) is 3.21. The number of nitrogens with one attached hydrogen (secondary N) is 1. The van der Waals surface area contributed by atoms with E-state index in [0.29, 0.717) is 6.04 Å². The van der Waals surface area contributed by atoms with Gasteiger partial charge in [-0.25, -0.2) is 0 Å². The molecule has 98 valence electrons. The summed E-state index contributed by atoms with van der Waals surface area (Å²) < 4.78 is 5.46. The Labute approximate surface area is 109 Å². The minimum absolute atomic E-state index is 0.384. The molecule has 0 amide bonds. The zero-order chi connectivity index (χ0) is 12.6. The molecular weight excluding hydrogens is 224 g/mol. The van der Waals surface area contributed by atoms with E-state index in [1.54, 1.807) is 0 Å². The van der Waals surface area contributed by atoms with E-state index in [2.05, 4.69) is 23.3 Å². The molecule has 1 aliphatic heterocycles. The fraction of sp³-hybridized carbons (Fsp3) is 0.533. The molecule has 0 bridgehead atoms. The van der Waals surface area contributed by atoms with E-state index in [4.69, 9.17) is 4.74 Å². The standard InChI is InChI=1S/C15H22N2O/c1-2-7-17-15(14-6-4-9-18-12-14)10-13-5-3-8-16-11-13/h3,5,8,11-12,15,17H,2,4,6-7,9-10H2,1H3. The number of ether oxygens (including phenoxy) is 1. The van der Waals surface area contributed by atoms with Crippen molar-refractivity contribution >= 4 is 0 Å². The highest BCUT2D eigenvalue weighted by Crippen LogP contribution is 2.18. The van der Waals surface area contributed by atoms with Gasteiger partial charge in [-0.3, -0.25) is 4.98 Å². The fourth-order valence-electron chi connectivity index (χ4n) is 2.25. The first-order valence-corrected chi connectivity index (χ1v) is 6.83. The van der Waals surface area contributed by atoms with Crippen LogP contribution in [0.5, 0.6) is 0 Å². The molecule has 1 aromatic rings. The molecular formula is C15H22N2O. The quantitative estimate of drug-likeness (QED) is 0.838. The van der Waals surface area contributed by atoms with Gasteiger partial charge >= 0.3 is 0 Å². The van der Waals surface area contributed by atoms with Crippen molar-refractivity contribution in [3.63, 3.8) is 0 Å². The highest BCUT2D eigenvalue weighted by atomic mass is 16.5. The number of pyridine rings is 1. The molecule has 2 heterocycles. The molecule has 0 saturated carbocycles. The van der Waals surface area contributed by atoms with Crippen LogP contribution in [-0.2, 0) is 11.2 Å². The van der Waals surface area contributed by atoms with Crippen LogP contribution < -0.4 is 5.32 Å². The van der Waals surface area contributed by atoms with Gasteiger partial charge in [-0.05, 0) is 49.4 Å². The van der Waals surface area contributed by atoms with Crippen LogP contribution in [0.4, 0.5) is 0 Å². The van der Waals surface area contributed by atoms with Gasteiger partial charge in [0.05, 0.1) is 12.9 Å². The normalized spacial score (nSPS) is 16.8. The maximum atomic E-state index is 5.46. The van der Waals surface area contributed by atoms with Crippen molar-refractivity contribution in [2.45, 2.75) is 38.6 Å². The lowest BCUT2D eigenvalue weighted by Crippen LogP contribution is -2.34. The Morgan fingerprint density at radius 3 is 3.11 bits per heavy atom. The van der Waals surface area contributed by atoms with Gasteiger partial charge in [0.15, 0.2) is 0 Å². The maximum absolute atomic E-state index is 5.46. The minimum Gasteiger partial charge on any atom is -0.501 e. The Bertz CT molecular complexity index is 375. The fourth-order valence-corrected chi connectivity index (χ4v) is 2.25. The van der Waals surface area contributed by atoms with E-state index < -0.39 is 0 Å². The number of hydrogen-bond donors (Lipinski definition) is 1. The maximum Gasteiger partial charge on any atom is 0.0876 e. The molecule has 3 heteroatoms. The van der Waals surface area contributed by atoms with Gasteiger partial charge in [-0.15, -0.1) is 0 Å². The molecule has 0 fully saturated rings. The summed E-state index contributed by atoms with van der Waals surface area (Å²) in [5.41, 5.74) is 2.66. The third-order valence-electron chi connectivity index (χ3n) is 3.21. The van der Waals surface area contributed by atoms with E-state index in [1.165, 1.54) is 11.1 Å². The average Bonchev–Trinajstić information content (AvgIpc) is 2.45. The van der Waals surface area contributed by atoms with Gasteiger partial charge < -0.3 is 10.1 Å². The van der Waals surface area contributed by atoms with Crippen LogP contribution in [0.1, 0.15) is 31.7 Å². The predicted octanol–water partition coefficient (Wildman–Crippen LogP) is 2.69. The molecule has 2 rings (SSSR count). The highest BCUT2D eigenvalue weighted by molar-refractivity contribution is 5.18. The average molecular weight is 246 g/mol. The summed E-state index contributed by atoms with van der Waals surface area (Å²) in [6.45, 7) is 4.10. The number of nitrogens with zero attached hydrogens (tertiary/aromatic N) is 1. The van der Waals surface area contributed by atoms with Crippen LogP contribution in [0.15, 0.2) is 36.4 Å². The summed E-state index contributed by atoms with van der Waals surface area (Å²) in [6, 6.07) is 4.52. The summed E-state index contributed by atoms with van der Waals surface area (Å²) in [6.07, 6.45) is 10.1. The molecule has 0 aromatic carbocycles. The summed E-state index contributed by atoms with van der Waals surface area (Å²) in [4.78, 5) is 4.18. The minimum atomic E-state index is 0.384. The van der Waals surface area contributed by atoms with Crippen LogP contribution in [0.2, 0.25) is 0 Å². The van der Waals surface area contributed by atoms with E-state index >= 15 is 0 Å². The van der Waals surface area contributed by atoms with Crippen LogP contribution in [0, 0.1) is 0 Å². The molecule has 0 saturated heterocycles. The Kier molecular flexibility index (Phi) is 5.21. The second-order valence-electron chi connectivity index (χ2n) is 4.74. The zero-order valence-corrected chi connectivity index (χ0v) is 11.1. The molecule has 1 aromatic heterocycles. The van der Waals surface area contributed by atoms with Crippen molar-refractivity contribution in [3.05, 3.63) is 41.9 Å². The van der Waals surface area contributed by atoms with Gasteiger partial charge in [-0.2, -0.15) is 0 Å². The number of rotatable bonds is 6. The first kappa shape index (κ1) is 13.1. The largest absolute Gasteiger partial charge is 0.501 e. The van der Waals surface area contributed by atoms with Gasteiger partial charge in [0.25, 0.3) is 0 Å². The summed E-state index contributed by atoms with van der Waals surface area (Å²) in [5, 5.41) is 3.61. The zero-order valence-electron chi connectivity index (χ0n) is 11.1. The second-order valence-corrected chi connectivity index (χ2v) is 4.74. The lowest BCUT2D eigenvalue weighted by molar-refractivity contribution is 0.219. The molecule has 1 aliphatic rings. The van der Waals surface area contributed by atoms with Crippen molar-refractivity contribution in [2.75, 3.05) is 13.2 Å². The van der Waals surface area contributed by atoms with Crippen LogP contribution >= 0.6 is 0 Å². The van der Waals surface area contributed by atoms with Crippen molar-refractivity contribution in [1.29, 1.82) is 0 Å². The monoisotopic (exact) mass is 246 g/mol. The van der Waals surface area contributed by atoms with Crippen molar-refractivity contribution in [1.82, 2.24) is 10.3 Å². The SMILES string of the molecule is CCCNC(Cc1cccnc1)C1=COCCC1.